The van der Waals surface area contributed by atoms with Gasteiger partial charge in [-0.3, -0.25) is 4.79 Å². The van der Waals surface area contributed by atoms with Gasteiger partial charge in [0, 0.05) is 0 Å². The maximum Gasteiger partial charge on any atom is 0.405 e. The van der Waals surface area contributed by atoms with Gasteiger partial charge >= 0.3 is 12.1 Å². The van der Waals surface area contributed by atoms with Crippen LogP contribution in [-0.2, 0) is 9.53 Å². The quantitative estimate of drug-likeness (QED) is 0.864. The number of halogens is 3. The van der Waals surface area contributed by atoms with Crippen LogP contribution >= 0.6 is 0 Å². The molecule has 4 nitrogen and oxygen atoms in total. The van der Waals surface area contributed by atoms with Crippen molar-refractivity contribution in [1.29, 1.82) is 0 Å². The maximum absolute atomic E-state index is 11.9. The fraction of sp³-hybridized carbons (Fsp3) is 0.385. The van der Waals surface area contributed by atoms with Gasteiger partial charge < -0.3 is 10.1 Å². The highest BCUT2D eigenvalue weighted by atomic mass is 19.4. The number of ether oxygens (including phenoxy) is 1. The first-order valence-electron chi connectivity index (χ1n) is 5.77. The lowest BCUT2D eigenvalue weighted by atomic mass is 10.1. The summed E-state index contributed by atoms with van der Waals surface area (Å²) in [5.74, 6) is -1.74. The topological polar surface area (TPSA) is 55.4 Å². The molecule has 0 aliphatic carbocycles. The monoisotopic (exact) mass is 289 g/mol. The molecule has 1 aromatic carbocycles. The Balaban J connectivity index is 2.51. The average Bonchev–Trinajstić information content (AvgIpc) is 2.35. The van der Waals surface area contributed by atoms with Crippen molar-refractivity contribution in [1.82, 2.24) is 5.32 Å². The highest BCUT2D eigenvalue weighted by Crippen LogP contribution is 2.13. The molecule has 0 atom stereocenters. The third-order valence-electron chi connectivity index (χ3n) is 2.43. The zero-order valence-electron chi connectivity index (χ0n) is 11.0. The van der Waals surface area contributed by atoms with Crippen LogP contribution in [0.5, 0.6) is 0 Å². The number of aryl methyl sites for hydroxylation is 2. The standard InChI is InChI=1S/C13H14F3NO3/c1-8-3-4-9(2)10(5-8)12(19)20-6-11(18)17-7-13(14,15)16/h3-5H,6-7H2,1-2H3,(H,17,18). The summed E-state index contributed by atoms with van der Waals surface area (Å²) in [6, 6.07) is 5.11. The van der Waals surface area contributed by atoms with Crippen LogP contribution in [0.2, 0.25) is 0 Å². The van der Waals surface area contributed by atoms with Gasteiger partial charge in [-0.1, -0.05) is 17.7 Å². The number of rotatable bonds is 4. The van der Waals surface area contributed by atoms with E-state index in [9.17, 15) is 22.8 Å². The Morgan fingerprint density at radius 3 is 2.50 bits per heavy atom. The second-order valence-electron chi connectivity index (χ2n) is 4.29. The SMILES string of the molecule is Cc1ccc(C)c(C(=O)OCC(=O)NCC(F)(F)F)c1. The molecule has 0 saturated heterocycles. The maximum atomic E-state index is 11.9. The number of benzene rings is 1. The molecule has 0 fully saturated rings. The summed E-state index contributed by atoms with van der Waals surface area (Å²) in [5, 5.41) is 1.61. The molecule has 0 radical (unpaired) electrons. The first-order chi connectivity index (χ1) is 9.19. The Hall–Kier alpha value is -2.05. The van der Waals surface area contributed by atoms with Crippen molar-refractivity contribution in [2.45, 2.75) is 20.0 Å². The molecule has 20 heavy (non-hydrogen) atoms. The van der Waals surface area contributed by atoms with Crippen LogP contribution in [0, 0.1) is 13.8 Å². The minimum Gasteiger partial charge on any atom is -0.452 e. The summed E-state index contributed by atoms with van der Waals surface area (Å²) in [4.78, 5) is 22.8. The third-order valence-corrected chi connectivity index (χ3v) is 2.43. The molecule has 1 rings (SSSR count). The second-order valence-corrected chi connectivity index (χ2v) is 4.29. The molecule has 0 unspecified atom stereocenters. The highest BCUT2D eigenvalue weighted by molar-refractivity contribution is 5.92. The van der Waals surface area contributed by atoms with Crippen LogP contribution in [-0.4, -0.2) is 31.2 Å². The zero-order valence-corrected chi connectivity index (χ0v) is 11.0. The molecular weight excluding hydrogens is 275 g/mol. The first kappa shape index (κ1) is 16.0. The number of hydrogen-bond donors (Lipinski definition) is 1. The van der Waals surface area contributed by atoms with Crippen molar-refractivity contribution >= 4 is 11.9 Å². The molecule has 1 N–H and O–H groups in total. The van der Waals surface area contributed by atoms with E-state index in [1.807, 2.05) is 6.07 Å². The first-order valence-corrected chi connectivity index (χ1v) is 5.77. The van der Waals surface area contributed by atoms with Crippen molar-refractivity contribution in [3.05, 3.63) is 34.9 Å². The third kappa shape index (κ3) is 5.29. The Morgan fingerprint density at radius 1 is 1.25 bits per heavy atom. The normalized spacial score (nSPS) is 11.1. The Bertz CT molecular complexity index is 512. The minimum absolute atomic E-state index is 0.286. The predicted molar refractivity (Wildman–Crippen MR) is 65.3 cm³/mol. The van der Waals surface area contributed by atoms with Gasteiger partial charge in [-0.25, -0.2) is 4.79 Å². The van der Waals surface area contributed by atoms with Gasteiger partial charge in [0.1, 0.15) is 6.54 Å². The van der Waals surface area contributed by atoms with E-state index in [4.69, 9.17) is 0 Å². The molecule has 0 bridgehead atoms. The van der Waals surface area contributed by atoms with Crippen LogP contribution in [0.4, 0.5) is 13.2 Å². The minimum atomic E-state index is -4.49. The lowest BCUT2D eigenvalue weighted by Gasteiger charge is -2.10. The summed E-state index contributed by atoms with van der Waals surface area (Å²) in [6.07, 6.45) is -4.49. The van der Waals surface area contributed by atoms with Gasteiger partial charge in [-0.05, 0) is 25.5 Å². The zero-order chi connectivity index (χ0) is 15.3. The van der Waals surface area contributed by atoms with Crippen LogP contribution < -0.4 is 5.32 Å². The van der Waals surface area contributed by atoms with E-state index in [1.165, 1.54) is 0 Å². The highest BCUT2D eigenvalue weighted by Gasteiger charge is 2.27. The van der Waals surface area contributed by atoms with Gasteiger partial charge in [0.25, 0.3) is 5.91 Å². The van der Waals surface area contributed by atoms with Crippen LogP contribution in [0.15, 0.2) is 18.2 Å². The van der Waals surface area contributed by atoms with E-state index < -0.39 is 31.2 Å². The van der Waals surface area contributed by atoms with Gasteiger partial charge in [-0.2, -0.15) is 13.2 Å². The van der Waals surface area contributed by atoms with Crippen LogP contribution in [0.1, 0.15) is 21.5 Å². The number of nitrogens with one attached hydrogen (secondary N) is 1. The molecule has 110 valence electrons. The molecule has 0 aliphatic heterocycles. The van der Waals surface area contributed by atoms with Gasteiger partial charge in [-0.15, -0.1) is 0 Å². The van der Waals surface area contributed by atoms with Crippen molar-refractivity contribution in [3.8, 4) is 0 Å². The largest absolute Gasteiger partial charge is 0.452 e. The van der Waals surface area contributed by atoms with Crippen LogP contribution in [0.25, 0.3) is 0 Å². The smallest absolute Gasteiger partial charge is 0.405 e. The van der Waals surface area contributed by atoms with Crippen molar-refractivity contribution in [3.63, 3.8) is 0 Å². The van der Waals surface area contributed by atoms with Gasteiger partial charge in [0.15, 0.2) is 6.61 Å². The fourth-order valence-electron chi connectivity index (χ4n) is 1.41. The van der Waals surface area contributed by atoms with E-state index in [1.54, 1.807) is 31.3 Å². The molecule has 0 aromatic heterocycles. The van der Waals surface area contributed by atoms with Gasteiger partial charge in [0.2, 0.25) is 0 Å². The predicted octanol–water partition coefficient (Wildman–Crippen LogP) is 2.14. The van der Waals surface area contributed by atoms with E-state index in [2.05, 4.69) is 4.74 Å². The van der Waals surface area contributed by atoms with Gasteiger partial charge in [0.05, 0.1) is 5.56 Å². The fourth-order valence-corrected chi connectivity index (χ4v) is 1.41. The summed E-state index contributed by atoms with van der Waals surface area (Å²) < 4.78 is 40.2. The summed E-state index contributed by atoms with van der Waals surface area (Å²) in [6.45, 7) is 1.28. The van der Waals surface area contributed by atoms with E-state index in [0.717, 1.165) is 5.56 Å². The number of amides is 1. The molecule has 0 saturated carbocycles. The van der Waals surface area contributed by atoms with Crippen molar-refractivity contribution in [2.75, 3.05) is 13.2 Å². The number of hydrogen-bond acceptors (Lipinski definition) is 3. The molecule has 0 aliphatic rings. The van der Waals surface area contributed by atoms with E-state index in [0.29, 0.717) is 5.56 Å². The summed E-state index contributed by atoms with van der Waals surface area (Å²) in [5.41, 5.74) is 1.79. The summed E-state index contributed by atoms with van der Waals surface area (Å²) >= 11 is 0. The number of carbonyl (C=O) groups is 2. The molecule has 0 spiro atoms. The Labute approximate surface area is 113 Å². The lowest BCUT2D eigenvalue weighted by Crippen LogP contribution is -2.36. The molecule has 7 heteroatoms. The number of esters is 1. The van der Waals surface area contributed by atoms with Crippen molar-refractivity contribution in [2.24, 2.45) is 0 Å². The molecule has 1 aromatic rings. The molecule has 0 heterocycles. The van der Waals surface area contributed by atoms with Crippen LogP contribution in [0.3, 0.4) is 0 Å². The van der Waals surface area contributed by atoms with E-state index >= 15 is 0 Å². The number of carbonyl (C=O) groups excluding carboxylic acids is 2. The Kier molecular flexibility index (Phi) is 5.12. The molecular formula is C13H14F3NO3. The summed E-state index contributed by atoms with van der Waals surface area (Å²) in [7, 11) is 0. The number of alkyl halides is 3. The average molecular weight is 289 g/mol. The molecule has 1 amide bonds. The van der Waals surface area contributed by atoms with Crippen molar-refractivity contribution < 1.29 is 27.5 Å². The second kappa shape index (κ2) is 6.40. The van der Waals surface area contributed by atoms with E-state index in [-0.39, 0.29) is 5.56 Å². The lowest BCUT2D eigenvalue weighted by molar-refractivity contribution is -0.140. The Morgan fingerprint density at radius 2 is 1.90 bits per heavy atom.